The predicted molar refractivity (Wildman–Crippen MR) is 78.1 cm³/mol. The Labute approximate surface area is 118 Å². The lowest BCUT2D eigenvalue weighted by molar-refractivity contribution is -0.134. The van der Waals surface area contributed by atoms with Crippen LogP contribution in [-0.2, 0) is 4.79 Å². The summed E-state index contributed by atoms with van der Waals surface area (Å²) in [4.78, 5) is 24.0. The van der Waals surface area contributed by atoms with E-state index in [9.17, 15) is 4.79 Å². The Kier molecular flexibility index (Phi) is 4.87. The molecule has 6 heteroatoms. The molecule has 1 saturated heterocycles. The van der Waals surface area contributed by atoms with Crippen LogP contribution in [0.25, 0.3) is 0 Å². The van der Waals surface area contributed by atoms with E-state index in [2.05, 4.69) is 28.8 Å². The lowest BCUT2D eigenvalue weighted by Gasteiger charge is -2.38. The maximum absolute atomic E-state index is 12.3. The lowest BCUT2D eigenvalue weighted by Crippen LogP contribution is -2.49. The number of amides is 1. The number of piperazine rings is 1. The van der Waals surface area contributed by atoms with E-state index in [0.717, 1.165) is 25.5 Å². The van der Waals surface area contributed by atoms with Crippen LogP contribution in [0.1, 0.15) is 25.2 Å². The first-order valence-electron chi connectivity index (χ1n) is 6.62. The number of likely N-dealkylation sites (N-methyl/N-ethyl adjacent to an activating group) is 1. The summed E-state index contributed by atoms with van der Waals surface area (Å²) in [6.07, 6.45) is 6.27. The molecule has 0 radical (unpaired) electrons. The fourth-order valence-corrected chi connectivity index (χ4v) is 2.62. The number of H-pyrrole nitrogens is 1. The predicted octanol–water partition coefficient (Wildman–Crippen LogP) is 1.37. The summed E-state index contributed by atoms with van der Waals surface area (Å²) in [6, 6.07) is 0.178. The quantitative estimate of drug-likeness (QED) is 0.906. The number of rotatable bonds is 4. The molecule has 5 nitrogen and oxygen atoms in total. The highest BCUT2D eigenvalue weighted by Crippen LogP contribution is 2.22. The van der Waals surface area contributed by atoms with Gasteiger partial charge in [-0.1, -0.05) is 6.92 Å². The van der Waals surface area contributed by atoms with Crippen LogP contribution >= 0.6 is 11.8 Å². The fourth-order valence-electron chi connectivity index (χ4n) is 2.31. The molecule has 2 heterocycles. The normalized spacial score (nSPS) is 22.5. The van der Waals surface area contributed by atoms with Crippen molar-refractivity contribution in [1.29, 1.82) is 0 Å². The summed E-state index contributed by atoms with van der Waals surface area (Å²) >= 11 is 1.74. The van der Waals surface area contributed by atoms with E-state index in [-0.39, 0.29) is 11.9 Å². The van der Waals surface area contributed by atoms with E-state index in [4.69, 9.17) is 0 Å². The Bertz CT molecular complexity index is 409. The highest BCUT2D eigenvalue weighted by molar-refractivity contribution is 7.99. The minimum Gasteiger partial charge on any atom is -0.347 e. The number of thioether (sulfide) groups is 1. The van der Waals surface area contributed by atoms with E-state index in [1.54, 1.807) is 18.0 Å². The Hall–Kier alpha value is -1.01. The van der Waals surface area contributed by atoms with Crippen LogP contribution in [-0.4, -0.2) is 63.9 Å². The molecule has 0 aliphatic carbocycles. The van der Waals surface area contributed by atoms with Gasteiger partial charge in [0, 0.05) is 43.7 Å². The molecule has 0 saturated carbocycles. The molecular formula is C13H22N4OS. The molecule has 2 rings (SSSR count). The second-order valence-corrected chi connectivity index (χ2v) is 6.34. The van der Waals surface area contributed by atoms with Crippen LogP contribution in [0.4, 0.5) is 0 Å². The van der Waals surface area contributed by atoms with Crippen LogP contribution in [0.3, 0.4) is 0 Å². The SMILES string of the molecule is CS[C@H](C)CC(=O)N1CCN(C)[C@H](c2ncc[nH]2)C1. The number of aromatic amines is 1. The molecule has 1 amide bonds. The van der Waals surface area contributed by atoms with Gasteiger partial charge in [0.2, 0.25) is 5.91 Å². The molecule has 0 spiro atoms. The lowest BCUT2D eigenvalue weighted by atomic mass is 10.1. The van der Waals surface area contributed by atoms with Gasteiger partial charge >= 0.3 is 0 Å². The van der Waals surface area contributed by atoms with Crippen LogP contribution < -0.4 is 0 Å². The molecule has 1 aliphatic rings. The zero-order chi connectivity index (χ0) is 13.8. The molecule has 0 aromatic carbocycles. The number of hydrogen-bond donors (Lipinski definition) is 1. The Morgan fingerprint density at radius 1 is 1.63 bits per heavy atom. The molecule has 1 N–H and O–H groups in total. The average Bonchev–Trinajstić information content (AvgIpc) is 2.92. The maximum Gasteiger partial charge on any atom is 0.223 e. The number of carbonyl (C=O) groups excluding carboxylic acids is 1. The van der Waals surface area contributed by atoms with Gasteiger partial charge in [-0.05, 0) is 13.3 Å². The first-order valence-corrected chi connectivity index (χ1v) is 7.90. The highest BCUT2D eigenvalue weighted by Gasteiger charge is 2.30. The van der Waals surface area contributed by atoms with Gasteiger partial charge in [0.25, 0.3) is 0 Å². The maximum atomic E-state index is 12.3. The number of imidazole rings is 1. The zero-order valence-corrected chi connectivity index (χ0v) is 12.6. The van der Waals surface area contributed by atoms with E-state index >= 15 is 0 Å². The van der Waals surface area contributed by atoms with Gasteiger partial charge in [-0.3, -0.25) is 9.69 Å². The molecule has 1 aromatic rings. The highest BCUT2D eigenvalue weighted by atomic mass is 32.2. The number of hydrogen-bond acceptors (Lipinski definition) is 4. The molecule has 1 aliphatic heterocycles. The number of aromatic nitrogens is 2. The van der Waals surface area contributed by atoms with Crippen molar-refractivity contribution in [3.8, 4) is 0 Å². The smallest absolute Gasteiger partial charge is 0.223 e. The summed E-state index contributed by atoms with van der Waals surface area (Å²) in [5.41, 5.74) is 0. The molecule has 0 bridgehead atoms. The van der Waals surface area contributed by atoms with Gasteiger partial charge in [0.1, 0.15) is 5.82 Å². The topological polar surface area (TPSA) is 52.2 Å². The molecule has 2 atom stereocenters. The Morgan fingerprint density at radius 2 is 2.42 bits per heavy atom. The molecule has 1 fully saturated rings. The largest absolute Gasteiger partial charge is 0.347 e. The van der Waals surface area contributed by atoms with Crippen LogP contribution in [0.2, 0.25) is 0 Å². The van der Waals surface area contributed by atoms with E-state index in [1.165, 1.54) is 0 Å². The summed E-state index contributed by atoms with van der Waals surface area (Å²) in [6.45, 7) is 4.53. The van der Waals surface area contributed by atoms with Gasteiger partial charge < -0.3 is 9.88 Å². The van der Waals surface area contributed by atoms with Crippen molar-refractivity contribution in [2.75, 3.05) is 32.9 Å². The first kappa shape index (κ1) is 14.4. The Balaban J connectivity index is 1.99. The zero-order valence-electron chi connectivity index (χ0n) is 11.8. The fraction of sp³-hybridized carbons (Fsp3) is 0.692. The molecular weight excluding hydrogens is 260 g/mol. The molecule has 1 aromatic heterocycles. The number of nitrogens with one attached hydrogen (secondary N) is 1. The Morgan fingerprint density at radius 3 is 3.05 bits per heavy atom. The van der Waals surface area contributed by atoms with Gasteiger partial charge in [0.15, 0.2) is 0 Å². The van der Waals surface area contributed by atoms with Crippen LogP contribution in [0.15, 0.2) is 12.4 Å². The van der Waals surface area contributed by atoms with Gasteiger partial charge in [-0.15, -0.1) is 0 Å². The second kappa shape index (κ2) is 6.43. The number of nitrogens with zero attached hydrogens (tertiary/aromatic N) is 3. The monoisotopic (exact) mass is 282 g/mol. The minimum absolute atomic E-state index is 0.178. The average molecular weight is 282 g/mol. The third-order valence-electron chi connectivity index (χ3n) is 3.70. The third-order valence-corrected chi connectivity index (χ3v) is 4.67. The van der Waals surface area contributed by atoms with Gasteiger partial charge in [0.05, 0.1) is 6.04 Å². The van der Waals surface area contributed by atoms with Crippen molar-refractivity contribution in [2.24, 2.45) is 0 Å². The van der Waals surface area contributed by atoms with Crippen LogP contribution in [0.5, 0.6) is 0 Å². The van der Waals surface area contributed by atoms with Crippen molar-refractivity contribution in [3.05, 3.63) is 18.2 Å². The third kappa shape index (κ3) is 3.51. The van der Waals surface area contributed by atoms with E-state index in [0.29, 0.717) is 11.7 Å². The molecule has 106 valence electrons. The van der Waals surface area contributed by atoms with Gasteiger partial charge in [-0.25, -0.2) is 4.98 Å². The summed E-state index contributed by atoms with van der Waals surface area (Å²) in [5.74, 6) is 1.20. The summed E-state index contributed by atoms with van der Waals surface area (Å²) < 4.78 is 0. The van der Waals surface area contributed by atoms with E-state index in [1.807, 2.05) is 17.4 Å². The van der Waals surface area contributed by atoms with Crippen molar-refractivity contribution in [3.63, 3.8) is 0 Å². The van der Waals surface area contributed by atoms with Crippen molar-refractivity contribution >= 4 is 17.7 Å². The minimum atomic E-state index is 0.178. The molecule has 19 heavy (non-hydrogen) atoms. The van der Waals surface area contributed by atoms with Crippen LogP contribution in [0, 0.1) is 0 Å². The van der Waals surface area contributed by atoms with E-state index < -0.39 is 0 Å². The second-order valence-electron chi connectivity index (χ2n) is 5.06. The first-order chi connectivity index (χ1) is 9.11. The summed E-state index contributed by atoms with van der Waals surface area (Å²) in [7, 11) is 2.08. The molecule has 0 unspecified atom stereocenters. The van der Waals surface area contributed by atoms with Crippen molar-refractivity contribution in [1.82, 2.24) is 19.8 Å². The van der Waals surface area contributed by atoms with Crippen molar-refractivity contribution < 1.29 is 4.79 Å². The standard InChI is InChI=1S/C13H22N4OS/c1-10(19-3)8-12(18)17-7-6-16(2)11(9-17)13-14-4-5-15-13/h4-5,10-11H,6-9H2,1-3H3,(H,14,15)/t10-,11+/m1/s1. The number of carbonyl (C=O) groups is 1. The van der Waals surface area contributed by atoms with Gasteiger partial charge in [-0.2, -0.15) is 11.8 Å². The van der Waals surface area contributed by atoms with Crippen molar-refractivity contribution in [2.45, 2.75) is 24.6 Å². The summed E-state index contributed by atoms with van der Waals surface area (Å²) in [5, 5.41) is 0.384.